The fourth-order valence-corrected chi connectivity index (χ4v) is 2.76. The molecule has 0 fully saturated rings. The van der Waals surface area contributed by atoms with Crippen molar-refractivity contribution in [2.45, 2.75) is 33.1 Å². The van der Waals surface area contributed by atoms with Gasteiger partial charge in [-0.05, 0) is 67.0 Å². The number of benzene rings is 1. The molecule has 1 aromatic rings. The van der Waals surface area contributed by atoms with Gasteiger partial charge in [-0.15, -0.1) is 0 Å². The number of aryl methyl sites for hydroxylation is 1. The highest BCUT2D eigenvalue weighted by molar-refractivity contribution is 9.11. The predicted molar refractivity (Wildman–Crippen MR) is 102 cm³/mol. The summed E-state index contributed by atoms with van der Waals surface area (Å²) < 4.78 is 14.2. The monoisotopic (exact) mass is 399 g/mol. The minimum atomic E-state index is -0.244. The van der Waals surface area contributed by atoms with E-state index in [1.54, 1.807) is 6.07 Å². The van der Waals surface area contributed by atoms with Crippen molar-refractivity contribution in [3.8, 4) is 0 Å². The molecule has 0 aromatic heterocycles. The first-order valence-electron chi connectivity index (χ1n) is 7.98. The van der Waals surface area contributed by atoms with Crippen LogP contribution >= 0.6 is 15.9 Å². The van der Waals surface area contributed by atoms with Gasteiger partial charge in [-0.25, -0.2) is 4.39 Å². The lowest BCUT2D eigenvalue weighted by Crippen LogP contribution is -2.46. The lowest BCUT2D eigenvalue weighted by atomic mass is 10.1. The highest BCUT2D eigenvalue weighted by atomic mass is 79.9. The molecule has 0 amide bonds. The van der Waals surface area contributed by atoms with Crippen molar-refractivity contribution >= 4 is 22.1 Å². The largest absolute Gasteiger partial charge is 0.379 e. The molecule has 7 heteroatoms. The van der Waals surface area contributed by atoms with Crippen molar-refractivity contribution in [2.24, 2.45) is 0 Å². The first-order chi connectivity index (χ1) is 11.4. The van der Waals surface area contributed by atoms with Crippen LogP contribution in [0.15, 0.2) is 28.4 Å². The van der Waals surface area contributed by atoms with Crippen LogP contribution < -0.4 is 21.3 Å². The molecule has 0 saturated carbocycles. The molecule has 0 aliphatic carbocycles. The average Bonchev–Trinajstić information content (AvgIpc) is 2.54. The molecule has 0 radical (unpaired) electrons. The van der Waals surface area contributed by atoms with Crippen molar-refractivity contribution in [2.75, 3.05) is 20.1 Å². The Morgan fingerprint density at radius 3 is 2.67 bits per heavy atom. The molecule has 134 valence electrons. The Bertz CT molecular complexity index is 576. The Hall–Kier alpha value is -1.28. The maximum Gasteiger partial charge on any atom is 0.123 e. The lowest BCUT2D eigenvalue weighted by molar-refractivity contribution is 0.373. The highest BCUT2D eigenvalue weighted by Gasteiger charge is 2.16. The van der Waals surface area contributed by atoms with E-state index in [1.807, 2.05) is 27.8 Å². The van der Waals surface area contributed by atoms with Crippen molar-refractivity contribution in [1.29, 1.82) is 5.41 Å². The van der Waals surface area contributed by atoms with Gasteiger partial charge in [0.05, 0.1) is 16.9 Å². The van der Waals surface area contributed by atoms with Gasteiger partial charge in [-0.2, -0.15) is 0 Å². The van der Waals surface area contributed by atoms with Gasteiger partial charge in [0.15, 0.2) is 0 Å². The molecular formula is C17H27BrFN5. The van der Waals surface area contributed by atoms with E-state index in [9.17, 15) is 4.39 Å². The second kappa shape index (κ2) is 10.6. The highest BCUT2D eigenvalue weighted by Crippen LogP contribution is 2.18. The molecule has 0 aliphatic rings. The summed E-state index contributed by atoms with van der Waals surface area (Å²) in [6.45, 7) is 7.16. The van der Waals surface area contributed by atoms with Gasteiger partial charge in [0, 0.05) is 24.9 Å². The van der Waals surface area contributed by atoms with Gasteiger partial charge in [0.25, 0.3) is 0 Å². The minimum absolute atomic E-state index is 0.0663. The van der Waals surface area contributed by atoms with Crippen LogP contribution in [0.4, 0.5) is 4.39 Å². The third-order valence-corrected chi connectivity index (χ3v) is 4.47. The SMILES string of the molecule is CCN/C(Br)=C(\C=N)CNC(NC(C)NC)c1ccc(F)cc1C. The number of rotatable bonds is 10. The standard InChI is InChI=1S/C17H27BrFN5/c1-5-22-16(18)13(9-20)10-23-17(24-12(3)21-4)15-7-6-14(19)8-11(15)2/h6-9,12,17,20-24H,5,10H2,1-4H3/b16-13+,20-9?. The Morgan fingerprint density at radius 1 is 1.42 bits per heavy atom. The van der Waals surface area contributed by atoms with Crippen LogP contribution in [0.5, 0.6) is 0 Å². The maximum absolute atomic E-state index is 13.4. The van der Waals surface area contributed by atoms with E-state index in [2.05, 4.69) is 37.2 Å². The fourth-order valence-electron chi connectivity index (χ4n) is 2.23. The van der Waals surface area contributed by atoms with Gasteiger partial charge in [-0.1, -0.05) is 6.07 Å². The van der Waals surface area contributed by atoms with E-state index in [1.165, 1.54) is 18.3 Å². The van der Waals surface area contributed by atoms with Gasteiger partial charge in [-0.3, -0.25) is 10.6 Å². The van der Waals surface area contributed by atoms with Gasteiger partial charge in [0.2, 0.25) is 0 Å². The summed E-state index contributed by atoms with van der Waals surface area (Å²) in [6, 6.07) is 4.77. The van der Waals surface area contributed by atoms with Gasteiger partial charge >= 0.3 is 0 Å². The van der Waals surface area contributed by atoms with E-state index < -0.39 is 0 Å². The summed E-state index contributed by atoms with van der Waals surface area (Å²) >= 11 is 3.45. The van der Waals surface area contributed by atoms with Crippen LogP contribution in [-0.2, 0) is 0 Å². The third kappa shape index (κ3) is 6.32. The summed E-state index contributed by atoms with van der Waals surface area (Å²) in [4.78, 5) is 0. The second-order valence-electron chi connectivity index (χ2n) is 5.51. The summed E-state index contributed by atoms with van der Waals surface area (Å²) in [5.41, 5.74) is 2.65. The number of halogens is 2. The molecular weight excluding hydrogens is 373 g/mol. The third-order valence-electron chi connectivity index (χ3n) is 3.68. The Balaban J connectivity index is 2.98. The van der Waals surface area contributed by atoms with E-state index >= 15 is 0 Å². The molecule has 5 N–H and O–H groups in total. The normalized spacial score (nSPS) is 14.8. The Kier molecular flexibility index (Phi) is 9.13. The van der Waals surface area contributed by atoms with E-state index in [0.717, 1.165) is 27.9 Å². The zero-order valence-electron chi connectivity index (χ0n) is 14.6. The number of hydrogen-bond acceptors (Lipinski definition) is 5. The molecule has 0 spiro atoms. The van der Waals surface area contributed by atoms with Crippen molar-refractivity contribution < 1.29 is 4.39 Å². The summed E-state index contributed by atoms with van der Waals surface area (Å²) in [5, 5.41) is 20.7. The van der Waals surface area contributed by atoms with Crippen LogP contribution in [0.3, 0.4) is 0 Å². The Labute approximate surface area is 152 Å². The number of hydrogen-bond donors (Lipinski definition) is 5. The number of nitrogens with one attached hydrogen (secondary N) is 5. The smallest absolute Gasteiger partial charge is 0.123 e. The Morgan fingerprint density at radius 2 is 2.12 bits per heavy atom. The molecule has 0 bridgehead atoms. The van der Waals surface area contributed by atoms with Crippen molar-refractivity contribution in [3.05, 3.63) is 45.3 Å². The van der Waals surface area contributed by atoms with Crippen LogP contribution in [0.1, 0.15) is 31.1 Å². The summed E-state index contributed by atoms with van der Waals surface area (Å²) in [5.74, 6) is -0.244. The van der Waals surface area contributed by atoms with Crippen LogP contribution in [0, 0.1) is 18.2 Å². The maximum atomic E-state index is 13.4. The van der Waals surface area contributed by atoms with Crippen molar-refractivity contribution in [1.82, 2.24) is 21.3 Å². The van der Waals surface area contributed by atoms with E-state index in [0.29, 0.717) is 6.54 Å². The van der Waals surface area contributed by atoms with Crippen LogP contribution in [-0.4, -0.2) is 32.5 Å². The molecule has 24 heavy (non-hydrogen) atoms. The molecule has 1 rings (SSSR count). The average molecular weight is 400 g/mol. The van der Waals surface area contributed by atoms with E-state index in [-0.39, 0.29) is 18.1 Å². The van der Waals surface area contributed by atoms with Gasteiger partial charge in [0.1, 0.15) is 5.82 Å². The molecule has 0 aliphatic heterocycles. The van der Waals surface area contributed by atoms with Crippen LogP contribution in [0.25, 0.3) is 0 Å². The second-order valence-corrected chi connectivity index (χ2v) is 6.30. The minimum Gasteiger partial charge on any atom is -0.379 e. The summed E-state index contributed by atoms with van der Waals surface area (Å²) in [7, 11) is 1.87. The molecule has 2 atom stereocenters. The molecule has 1 aromatic carbocycles. The quantitative estimate of drug-likeness (QED) is 0.238. The molecule has 0 saturated heterocycles. The topological polar surface area (TPSA) is 72.0 Å². The lowest BCUT2D eigenvalue weighted by Gasteiger charge is -2.26. The summed E-state index contributed by atoms with van der Waals surface area (Å²) in [6.07, 6.45) is 1.21. The first kappa shape index (κ1) is 20.8. The molecule has 2 unspecified atom stereocenters. The molecule has 0 heterocycles. The van der Waals surface area contributed by atoms with Gasteiger partial charge < -0.3 is 16.0 Å². The zero-order chi connectivity index (χ0) is 18.1. The fraction of sp³-hybridized carbons (Fsp3) is 0.471. The first-order valence-corrected chi connectivity index (χ1v) is 8.77. The predicted octanol–water partition coefficient (Wildman–Crippen LogP) is 2.74. The van der Waals surface area contributed by atoms with Crippen LogP contribution in [0.2, 0.25) is 0 Å². The molecule has 5 nitrogen and oxygen atoms in total. The van der Waals surface area contributed by atoms with E-state index in [4.69, 9.17) is 5.41 Å². The van der Waals surface area contributed by atoms with Crippen molar-refractivity contribution in [3.63, 3.8) is 0 Å². The zero-order valence-corrected chi connectivity index (χ0v) is 16.2.